The molecule has 0 aliphatic carbocycles. The van der Waals surface area contributed by atoms with Crippen molar-refractivity contribution in [2.24, 2.45) is 0 Å². The highest BCUT2D eigenvalue weighted by molar-refractivity contribution is 7.99. The maximum atomic E-state index is 10.1. The minimum atomic E-state index is 0.345. The molecule has 34 heavy (non-hydrogen) atoms. The molecule has 0 atom stereocenters. The van der Waals surface area contributed by atoms with Gasteiger partial charge in [0.15, 0.2) is 0 Å². The Hall–Kier alpha value is -3.52. The molecule has 2 rings (SSSR count). The minimum Gasteiger partial charge on any atom is -0.491 e. The van der Waals surface area contributed by atoms with Gasteiger partial charge in [0.2, 0.25) is 0 Å². The molecule has 6 nitrogen and oxygen atoms in total. The lowest BCUT2D eigenvalue weighted by atomic mass is 9.96. The van der Waals surface area contributed by atoms with Crippen molar-refractivity contribution in [3.05, 3.63) is 71.3 Å². The molecule has 2 aromatic rings. The molecular formula is C27H30N4O2S. The lowest BCUT2D eigenvalue weighted by molar-refractivity contribution is 0.146. The molecule has 7 heteroatoms. The molecule has 1 heterocycles. The number of nitrogens with one attached hydrogen (secondary N) is 1. The first-order valence-electron chi connectivity index (χ1n) is 10.9. The number of aromatic nitrogens is 1. The average molecular weight is 475 g/mol. The van der Waals surface area contributed by atoms with Gasteiger partial charge >= 0.3 is 0 Å². The van der Waals surface area contributed by atoms with Crippen LogP contribution >= 0.6 is 11.8 Å². The number of pyridine rings is 1. The van der Waals surface area contributed by atoms with Crippen molar-refractivity contribution in [1.82, 2.24) is 4.98 Å². The van der Waals surface area contributed by atoms with Gasteiger partial charge in [-0.15, -0.1) is 11.8 Å². The van der Waals surface area contributed by atoms with Crippen LogP contribution in [0.2, 0.25) is 0 Å². The molecule has 0 saturated heterocycles. The van der Waals surface area contributed by atoms with Gasteiger partial charge in [-0.2, -0.15) is 10.5 Å². The number of ether oxygens (including phenoxy) is 2. The average Bonchev–Trinajstić information content (AvgIpc) is 2.82. The van der Waals surface area contributed by atoms with Gasteiger partial charge in [0.1, 0.15) is 40.9 Å². The number of benzene rings is 1. The van der Waals surface area contributed by atoms with Crippen LogP contribution < -0.4 is 10.1 Å². The second-order valence-electron chi connectivity index (χ2n) is 7.56. The van der Waals surface area contributed by atoms with Crippen LogP contribution in [0.1, 0.15) is 31.9 Å². The van der Waals surface area contributed by atoms with E-state index in [2.05, 4.69) is 29.0 Å². The number of hydrogen-bond donors (Lipinski definition) is 1. The number of allylic oxidation sites excluding steroid dienone is 4. The SMILES string of the molecule is C=C(/C=C\C=C(C)C)CSc1nc(NCC)c(C#N)c(-c2ccc(OCCOC)cc2)c1C#N. The third kappa shape index (κ3) is 7.52. The fourth-order valence-corrected chi connectivity index (χ4v) is 3.88. The van der Waals surface area contributed by atoms with E-state index in [1.54, 1.807) is 7.11 Å². The van der Waals surface area contributed by atoms with Crippen LogP contribution in [0.25, 0.3) is 11.1 Å². The molecule has 0 saturated carbocycles. The van der Waals surface area contributed by atoms with Crippen molar-refractivity contribution >= 4 is 17.6 Å². The van der Waals surface area contributed by atoms with Crippen molar-refractivity contribution in [1.29, 1.82) is 10.5 Å². The highest BCUT2D eigenvalue weighted by Crippen LogP contribution is 2.37. The Bertz CT molecular complexity index is 1140. The maximum absolute atomic E-state index is 10.1. The molecule has 1 N–H and O–H groups in total. The van der Waals surface area contributed by atoms with Crippen molar-refractivity contribution in [2.45, 2.75) is 25.8 Å². The first-order valence-corrected chi connectivity index (χ1v) is 11.9. The topological polar surface area (TPSA) is 91.0 Å². The van der Waals surface area contributed by atoms with Crippen molar-refractivity contribution in [3.63, 3.8) is 0 Å². The smallest absolute Gasteiger partial charge is 0.146 e. The second kappa shape index (κ2) is 13.9. The predicted octanol–water partition coefficient (Wildman–Crippen LogP) is 6.12. The summed E-state index contributed by atoms with van der Waals surface area (Å²) in [6.07, 6.45) is 5.92. The molecular weight excluding hydrogens is 444 g/mol. The summed E-state index contributed by atoms with van der Waals surface area (Å²) in [5, 5.41) is 23.7. The quantitative estimate of drug-likeness (QED) is 0.225. The Kier molecular flexibility index (Phi) is 10.9. The van der Waals surface area contributed by atoms with E-state index in [1.165, 1.54) is 17.3 Å². The van der Waals surface area contributed by atoms with E-state index in [-0.39, 0.29) is 0 Å². The summed E-state index contributed by atoms with van der Waals surface area (Å²) < 4.78 is 10.7. The van der Waals surface area contributed by atoms with Crippen molar-refractivity contribution in [2.75, 3.05) is 37.9 Å². The lowest BCUT2D eigenvalue weighted by Gasteiger charge is -2.16. The Morgan fingerprint density at radius 2 is 1.85 bits per heavy atom. The van der Waals surface area contributed by atoms with Crippen LogP contribution in [-0.4, -0.2) is 37.6 Å². The molecule has 0 aliphatic rings. The van der Waals surface area contributed by atoms with Gasteiger partial charge in [0.05, 0.1) is 12.2 Å². The summed E-state index contributed by atoms with van der Waals surface area (Å²) >= 11 is 1.43. The van der Waals surface area contributed by atoms with E-state index in [1.807, 2.05) is 63.3 Å². The van der Waals surface area contributed by atoms with Gasteiger partial charge in [0, 0.05) is 25.0 Å². The monoisotopic (exact) mass is 474 g/mol. The molecule has 1 aromatic carbocycles. The minimum absolute atomic E-state index is 0.345. The van der Waals surface area contributed by atoms with Gasteiger partial charge in [-0.05, 0) is 44.0 Å². The molecule has 0 spiro atoms. The number of anilines is 1. The molecule has 0 fully saturated rings. The molecule has 0 amide bonds. The van der Waals surface area contributed by atoms with Crippen LogP contribution in [0.3, 0.4) is 0 Å². The number of thioether (sulfide) groups is 1. The molecule has 176 valence electrons. The van der Waals surface area contributed by atoms with Gasteiger partial charge in [0.25, 0.3) is 0 Å². The number of hydrogen-bond acceptors (Lipinski definition) is 7. The number of nitrogens with zero attached hydrogens (tertiary/aromatic N) is 3. The highest BCUT2D eigenvalue weighted by atomic mass is 32.2. The van der Waals surface area contributed by atoms with Gasteiger partial charge in [-0.25, -0.2) is 4.98 Å². The highest BCUT2D eigenvalue weighted by Gasteiger charge is 2.21. The van der Waals surface area contributed by atoms with Crippen LogP contribution in [0.5, 0.6) is 5.75 Å². The third-order valence-corrected chi connectivity index (χ3v) is 5.67. The van der Waals surface area contributed by atoms with Crippen LogP contribution in [0, 0.1) is 22.7 Å². The van der Waals surface area contributed by atoms with Crippen LogP contribution in [0.4, 0.5) is 5.82 Å². The zero-order valence-electron chi connectivity index (χ0n) is 20.1. The summed E-state index contributed by atoms with van der Waals surface area (Å²) in [4.78, 5) is 4.63. The summed E-state index contributed by atoms with van der Waals surface area (Å²) in [5.74, 6) is 1.72. The fourth-order valence-electron chi connectivity index (χ4n) is 3.01. The first kappa shape index (κ1) is 26.7. The van der Waals surface area contributed by atoms with Crippen molar-refractivity contribution in [3.8, 4) is 29.0 Å². The Balaban J connectivity index is 2.46. The molecule has 0 radical (unpaired) electrons. The predicted molar refractivity (Wildman–Crippen MR) is 139 cm³/mol. The van der Waals surface area contributed by atoms with E-state index in [0.29, 0.717) is 58.8 Å². The molecule has 1 aromatic heterocycles. The Morgan fingerprint density at radius 1 is 1.15 bits per heavy atom. The van der Waals surface area contributed by atoms with Crippen molar-refractivity contribution < 1.29 is 9.47 Å². The van der Waals surface area contributed by atoms with E-state index in [4.69, 9.17) is 9.47 Å². The zero-order valence-corrected chi connectivity index (χ0v) is 21.0. The number of methoxy groups -OCH3 is 1. The molecule has 0 aliphatic heterocycles. The standard InChI is InChI=1S/C27H30N4O2S/c1-6-30-26-23(16-28)25(21-10-12-22(13-11-21)33-15-14-32-5)24(17-29)27(31-26)34-18-20(4)9-7-8-19(2)3/h7-13H,4,6,14-15,18H2,1-3,5H3,(H,30,31)/b9-7-. The van der Waals surface area contributed by atoms with Gasteiger partial charge in [-0.3, -0.25) is 0 Å². The first-order chi connectivity index (χ1) is 16.4. The van der Waals surface area contributed by atoms with Gasteiger partial charge in [-0.1, -0.05) is 42.5 Å². The summed E-state index contributed by atoms with van der Waals surface area (Å²) in [7, 11) is 1.62. The van der Waals surface area contributed by atoms with E-state index < -0.39 is 0 Å². The van der Waals surface area contributed by atoms with Gasteiger partial charge < -0.3 is 14.8 Å². The third-order valence-electron chi connectivity index (χ3n) is 4.59. The molecule has 0 bridgehead atoms. The lowest BCUT2D eigenvalue weighted by Crippen LogP contribution is -2.07. The normalized spacial score (nSPS) is 10.4. The molecule has 0 unspecified atom stereocenters. The largest absolute Gasteiger partial charge is 0.491 e. The second-order valence-corrected chi connectivity index (χ2v) is 8.52. The zero-order chi connectivity index (χ0) is 24.9. The van der Waals surface area contributed by atoms with E-state index in [9.17, 15) is 10.5 Å². The number of rotatable bonds is 12. The van der Waals surface area contributed by atoms with Crippen LogP contribution in [-0.2, 0) is 4.74 Å². The number of nitriles is 2. The summed E-state index contributed by atoms with van der Waals surface area (Å²) in [6, 6.07) is 11.9. The fraction of sp³-hybridized carbons (Fsp3) is 0.296. The Labute approximate surface area is 206 Å². The van der Waals surface area contributed by atoms with E-state index >= 15 is 0 Å². The summed E-state index contributed by atoms with van der Waals surface area (Å²) in [5.41, 5.74) is 4.13. The Morgan fingerprint density at radius 3 is 2.44 bits per heavy atom. The van der Waals surface area contributed by atoms with E-state index in [0.717, 1.165) is 11.1 Å². The van der Waals surface area contributed by atoms with Crippen LogP contribution in [0.15, 0.2) is 65.2 Å². The summed E-state index contributed by atoms with van der Waals surface area (Å²) in [6.45, 7) is 11.6. The maximum Gasteiger partial charge on any atom is 0.146 e.